The first kappa shape index (κ1) is 26.9. The van der Waals surface area contributed by atoms with E-state index in [1.165, 1.54) is 12.0 Å². The van der Waals surface area contributed by atoms with Crippen LogP contribution in [0.4, 0.5) is 27.8 Å². The lowest BCUT2D eigenvalue weighted by atomic mass is 9.87. The molecule has 0 aliphatic carbocycles. The molecule has 1 N–H and O–H groups in total. The lowest BCUT2D eigenvalue weighted by Crippen LogP contribution is -2.36. The van der Waals surface area contributed by atoms with Crippen molar-refractivity contribution in [2.75, 3.05) is 25.1 Å². The van der Waals surface area contributed by atoms with Crippen molar-refractivity contribution in [2.45, 2.75) is 25.7 Å². The molecule has 1 saturated heterocycles. The zero-order valence-corrected chi connectivity index (χ0v) is 20.3. The number of aryl methyl sites for hydroxylation is 1. The molecular formula is C25H23F5N4O4. The summed E-state index contributed by atoms with van der Waals surface area (Å²) in [5.41, 5.74) is -0.327. The molecule has 8 nitrogen and oxygen atoms in total. The quantitative estimate of drug-likeness (QED) is 0.433. The summed E-state index contributed by atoms with van der Waals surface area (Å²) >= 11 is 0. The predicted molar refractivity (Wildman–Crippen MR) is 125 cm³/mol. The summed E-state index contributed by atoms with van der Waals surface area (Å²) in [6.45, 7) is 2.01. The summed E-state index contributed by atoms with van der Waals surface area (Å²) in [4.78, 5) is 27.4. The molecule has 1 fully saturated rings. The molecule has 0 saturated carbocycles. The first-order valence-electron chi connectivity index (χ1n) is 11.5. The van der Waals surface area contributed by atoms with Gasteiger partial charge in [-0.2, -0.15) is 5.10 Å². The lowest BCUT2D eigenvalue weighted by Gasteiger charge is -2.19. The number of carbonyl (C=O) groups excluding carboxylic acids is 2. The maximum Gasteiger partial charge on any atom is 0.573 e. The van der Waals surface area contributed by atoms with Crippen molar-refractivity contribution < 1.29 is 41.0 Å². The Kier molecular flexibility index (Phi) is 7.56. The molecule has 0 spiro atoms. The molecule has 1 aliphatic heterocycles. The number of carbonyl (C=O) groups is 2. The van der Waals surface area contributed by atoms with Gasteiger partial charge in [-0.1, -0.05) is 0 Å². The largest absolute Gasteiger partial charge is 0.573 e. The number of rotatable bonds is 8. The Morgan fingerprint density at radius 2 is 1.76 bits per heavy atom. The molecule has 38 heavy (non-hydrogen) atoms. The Balaban J connectivity index is 1.58. The molecule has 3 aromatic rings. The normalized spacial score (nSPS) is 17.6. The van der Waals surface area contributed by atoms with E-state index in [0.717, 1.165) is 36.4 Å². The average Bonchev–Trinajstić information content (AvgIpc) is 3.46. The lowest BCUT2D eigenvalue weighted by molar-refractivity contribution is -0.274. The molecule has 0 radical (unpaired) electrons. The van der Waals surface area contributed by atoms with E-state index in [1.54, 1.807) is 16.9 Å². The fourth-order valence-corrected chi connectivity index (χ4v) is 4.33. The Morgan fingerprint density at radius 1 is 1.11 bits per heavy atom. The van der Waals surface area contributed by atoms with E-state index in [-0.39, 0.29) is 30.0 Å². The van der Waals surface area contributed by atoms with Gasteiger partial charge in [-0.3, -0.25) is 19.2 Å². The molecular weight excluding hydrogens is 515 g/mol. The van der Waals surface area contributed by atoms with Gasteiger partial charge in [-0.15, -0.1) is 13.2 Å². The van der Waals surface area contributed by atoms with Gasteiger partial charge in [0.15, 0.2) is 5.82 Å². The number of amides is 2. The molecule has 1 aromatic heterocycles. The minimum atomic E-state index is -4.88. The second-order valence-electron chi connectivity index (χ2n) is 8.48. The Bertz CT molecular complexity index is 1300. The van der Waals surface area contributed by atoms with Crippen molar-refractivity contribution >= 4 is 17.6 Å². The third-order valence-corrected chi connectivity index (χ3v) is 6.17. The third-order valence-electron chi connectivity index (χ3n) is 6.17. The van der Waals surface area contributed by atoms with Gasteiger partial charge in [0, 0.05) is 61.1 Å². The zero-order valence-electron chi connectivity index (χ0n) is 20.3. The number of nitrogens with one attached hydrogen (secondary N) is 1. The summed E-state index contributed by atoms with van der Waals surface area (Å²) < 4.78 is 77.4. The number of ether oxygens (including phenoxy) is 2. The van der Waals surface area contributed by atoms with Crippen LogP contribution in [0.3, 0.4) is 0 Å². The minimum Gasteiger partial charge on any atom is -0.497 e. The Morgan fingerprint density at radius 3 is 2.32 bits per heavy atom. The predicted octanol–water partition coefficient (Wildman–Crippen LogP) is 4.27. The summed E-state index contributed by atoms with van der Waals surface area (Å²) in [6, 6.07) is 7.81. The van der Waals surface area contributed by atoms with Gasteiger partial charge < -0.3 is 14.8 Å². The van der Waals surface area contributed by atoms with Gasteiger partial charge >= 0.3 is 6.36 Å². The van der Waals surface area contributed by atoms with Gasteiger partial charge in [0.2, 0.25) is 5.91 Å². The molecule has 13 heteroatoms. The second kappa shape index (κ2) is 10.7. The van der Waals surface area contributed by atoms with Crippen LogP contribution in [0.1, 0.15) is 28.8 Å². The molecule has 1 aliphatic rings. The van der Waals surface area contributed by atoms with E-state index < -0.39 is 47.4 Å². The van der Waals surface area contributed by atoms with E-state index >= 15 is 8.78 Å². The number of nitrogens with zero attached hydrogens (tertiary/aromatic N) is 3. The summed E-state index contributed by atoms with van der Waals surface area (Å²) in [5.74, 6) is -5.29. The van der Waals surface area contributed by atoms with Crippen LogP contribution in [0.25, 0.3) is 0 Å². The van der Waals surface area contributed by atoms with E-state index in [4.69, 9.17) is 4.74 Å². The Labute approximate surface area is 213 Å². The summed E-state index contributed by atoms with van der Waals surface area (Å²) in [6.07, 6.45) is -3.22. The maximum absolute atomic E-state index is 15.0. The number of benzene rings is 2. The molecule has 1 unspecified atom stereocenters. The average molecular weight is 538 g/mol. The van der Waals surface area contributed by atoms with Crippen molar-refractivity contribution in [3.63, 3.8) is 0 Å². The van der Waals surface area contributed by atoms with Crippen LogP contribution in [0, 0.1) is 17.6 Å². The molecule has 2 heterocycles. The molecule has 2 amide bonds. The highest BCUT2D eigenvalue weighted by Crippen LogP contribution is 2.39. The minimum absolute atomic E-state index is 0.00174. The van der Waals surface area contributed by atoms with E-state index in [2.05, 4.69) is 15.2 Å². The smallest absolute Gasteiger partial charge is 0.497 e. The highest BCUT2D eigenvalue weighted by molar-refractivity contribution is 5.99. The van der Waals surface area contributed by atoms with Crippen molar-refractivity contribution in [3.8, 4) is 11.5 Å². The van der Waals surface area contributed by atoms with Crippen LogP contribution in [0.2, 0.25) is 0 Å². The van der Waals surface area contributed by atoms with Gasteiger partial charge in [-0.25, -0.2) is 8.78 Å². The number of hydrogen-bond acceptors (Lipinski definition) is 5. The third kappa shape index (κ3) is 5.71. The van der Waals surface area contributed by atoms with Crippen LogP contribution in [0.15, 0.2) is 48.7 Å². The van der Waals surface area contributed by atoms with Gasteiger partial charge in [0.1, 0.15) is 23.1 Å². The van der Waals surface area contributed by atoms with Crippen molar-refractivity contribution in [1.82, 2.24) is 15.1 Å². The van der Waals surface area contributed by atoms with Gasteiger partial charge in [0.25, 0.3) is 5.91 Å². The van der Waals surface area contributed by atoms with Gasteiger partial charge in [-0.05, 0) is 31.2 Å². The highest BCUT2D eigenvalue weighted by atomic mass is 19.4. The number of aromatic nitrogens is 2. The van der Waals surface area contributed by atoms with Crippen LogP contribution in [-0.2, 0) is 11.3 Å². The second-order valence-corrected chi connectivity index (χ2v) is 8.48. The summed E-state index contributed by atoms with van der Waals surface area (Å²) in [5, 5.41) is 6.85. The van der Waals surface area contributed by atoms with E-state index in [1.807, 2.05) is 6.92 Å². The topological polar surface area (TPSA) is 85.7 Å². The van der Waals surface area contributed by atoms with Crippen LogP contribution in [0.5, 0.6) is 11.5 Å². The molecule has 0 bridgehead atoms. The van der Waals surface area contributed by atoms with Crippen LogP contribution in [-0.4, -0.2) is 48.2 Å². The molecule has 4 rings (SSSR count). The maximum atomic E-state index is 15.0. The standard InChI is InChI=1S/C25H23F5N4O4/c1-3-33-9-8-21(32-33)34-13-18(22-19(26)10-16(37-2)11-20(22)27)17(24(34)36)12-31-23(35)14-4-6-15(7-5-14)38-25(28,29)30/h4-11,17-18H,3,12-13H2,1-2H3,(H,31,35)/t17?,18-/m1/s1. The molecule has 2 aromatic carbocycles. The van der Waals surface area contributed by atoms with E-state index in [9.17, 15) is 22.8 Å². The van der Waals surface area contributed by atoms with Gasteiger partial charge in [0.05, 0.1) is 13.0 Å². The van der Waals surface area contributed by atoms with Crippen molar-refractivity contribution in [3.05, 3.63) is 71.4 Å². The highest BCUT2D eigenvalue weighted by Gasteiger charge is 2.45. The first-order valence-corrected chi connectivity index (χ1v) is 11.5. The Hall–Kier alpha value is -4.16. The summed E-state index contributed by atoms with van der Waals surface area (Å²) in [7, 11) is 1.26. The number of hydrogen-bond donors (Lipinski definition) is 1. The van der Waals surface area contributed by atoms with Crippen LogP contribution < -0.4 is 19.7 Å². The fraction of sp³-hybridized carbons (Fsp3) is 0.320. The fourth-order valence-electron chi connectivity index (χ4n) is 4.33. The molecule has 2 atom stereocenters. The molecule has 202 valence electrons. The number of methoxy groups -OCH3 is 1. The van der Waals surface area contributed by atoms with Crippen LogP contribution >= 0.6 is 0 Å². The SMILES string of the molecule is CCn1ccc(N2C[C@@H](c3c(F)cc(OC)cc3F)C(CNC(=O)c3ccc(OC(F)(F)F)cc3)C2=O)n1. The first-order chi connectivity index (χ1) is 18.0. The zero-order chi connectivity index (χ0) is 27.6. The monoisotopic (exact) mass is 538 g/mol. The van der Waals surface area contributed by atoms with Crippen molar-refractivity contribution in [2.24, 2.45) is 5.92 Å². The van der Waals surface area contributed by atoms with Crippen molar-refractivity contribution in [1.29, 1.82) is 0 Å². The van der Waals surface area contributed by atoms with E-state index in [0.29, 0.717) is 12.4 Å². The number of halogens is 5. The number of anilines is 1. The number of alkyl halides is 3.